The van der Waals surface area contributed by atoms with Crippen molar-refractivity contribution in [1.82, 2.24) is 24.5 Å². The molecule has 3 aromatic rings. The Hall–Kier alpha value is -3.21. The van der Waals surface area contributed by atoms with Gasteiger partial charge in [-0.25, -0.2) is 20.2 Å². The molecule has 0 spiro atoms. The van der Waals surface area contributed by atoms with Gasteiger partial charge in [-0.2, -0.15) is 4.52 Å². The molecule has 0 unspecified atom stereocenters. The van der Waals surface area contributed by atoms with E-state index in [1.165, 1.54) is 5.56 Å². The predicted octanol–water partition coefficient (Wildman–Crippen LogP) is 4.40. The van der Waals surface area contributed by atoms with Gasteiger partial charge in [0.2, 0.25) is 0 Å². The van der Waals surface area contributed by atoms with Crippen molar-refractivity contribution in [2.24, 2.45) is 4.99 Å². The molecule has 2 aromatic heterocycles. The molecule has 0 bridgehead atoms. The number of rotatable bonds is 9. The maximum atomic E-state index is 8.97. The van der Waals surface area contributed by atoms with Crippen LogP contribution in [-0.4, -0.2) is 51.6 Å². The van der Waals surface area contributed by atoms with Gasteiger partial charge in [-0.3, -0.25) is 0 Å². The number of nitriles is 1. The molecule has 0 amide bonds. The highest BCUT2D eigenvalue weighted by molar-refractivity contribution is 6.65. The second kappa shape index (κ2) is 9.30. The lowest BCUT2D eigenvalue weighted by Crippen LogP contribution is -2.08. The number of hydrogen-bond acceptors (Lipinski definition) is 5. The molecule has 0 radical (unpaired) electrons. The fourth-order valence-corrected chi connectivity index (χ4v) is 3.70. The van der Waals surface area contributed by atoms with Gasteiger partial charge in [0.1, 0.15) is 0 Å². The summed E-state index contributed by atoms with van der Waals surface area (Å²) in [6.07, 6.45) is 7.74. The van der Waals surface area contributed by atoms with Crippen LogP contribution >= 0.6 is 0 Å². The summed E-state index contributed by atoms with van der Waals surface area (Å²) in [4.78, 5) is 16.4. The second-order valence-electron chi connectivity index (χ2n) is 8.56. The van der Waals surface area contributed by atoms with Crippen LogP contribution in [0.3, 0.4) is 0 Å². The molecule has 1 saturated carbocycles. The summed E-state index contributed by atoms with van der Waals surface area (Å²) in [5, 5.41) is 13.8. The van der Waals surface area contributed by atoms with Crippen LogP contribution in [0, 0.1) is 11.2 Å². The highest BCUT2D eigenvalue weighted by Gasteiger charge is 2.32. The monoisotopic (exact) mass is 413 g/mol. The molecule has 0 saturated heterocycles. The van der Waals surface area contributed by atoms with E-state index in [1.807, 2.05) is 48.5 Å². The number of benzene rings is 1. The van der Waals surface area contributed by atoms with Crippen LogP contribution in [0.15, 0.2) is 35.3 Å². The molecule has 1 aromatic carbocycles. The van der Waals surface area contributed by atoms with Crippen molar-refractivity contribution in [2.75, 3.05) is 14.1 Å². The summed E-state index contributed by atoms with van der Waals surface area (Å²) in [6.45, 7) is 2.07. The van der Waals surface area contributed by atoms with Gasteiger partial charge < -0.3 is 4.90 Å². The molecular weight excluding hydrogens is 385 g/mol. The van der Waals surface area contributed by atoms with Crippen LogP contribution < -0.4 is 0 Å². The highest BCUT2D eigenvalue weighted by atomic mass is 15.4. The van der Waals surface area contributed by atoms with Crippen LogP contribution in [0.4, 0.5) is 5.95 Å². The minimum absolute atomic E-state index is 0.0973. The minimum Gasteiger partial charge on any atom is -0.369 e. The lowest BCUT2D eigenvalue weighted by atomic mass is 9.51. The first kappa shape index (κ1) is 21.0. The first-order valence-electron chi connectivity index (χ1n) is 11.0. The third-order valence-electron chi connectivity index (χ3n) is 5.49. The van der Waals surface area contributed by atoms with Gasteiger partial charge in [0, 0.05) is 37.6 Å². The number of aryl methyl sites for hydroxylation is 1. The van der Waals surface area contributed by atoms with E-state index < -0.39 is 0 Å². The average Bonchev–Trinajstić information content (AvgIpc) is 3.53. The van der Waals surface area contributed by atoms with E-state index in [9.17, 15) is 0 Å². The largest absolute Gasteiger partial charge is 0.369 e. The molecular formula is C23H28BN7. The normalized spacial score (nSPS) is 13.6. The maximum absolute atomic E-state index is 8.97. The van der Waals surface area contributed by atoms with Gasteiger partial charge in [0.25, 0.3) is 12.7 Å². The summed E-state index contributed by atoms with van der Waals surface area (Å²) >= 11 is 0. The Morgan fingerprint density at radius 2 is 2.00 bits per heavy atom. The zero-order chi connectivity index (χ0) is 21.8. The second-order valence-corrected chi connectivity index (χ2v) is 8.56. The van der Waals surface area contributed by atoms with Crippen molar-refractivity contribution in [3.8, 4) is 17.2 Å². The number of unbranched alkanes of at least 4 members (excludes halogenated alkanes) is 1. The van der Waals surface area contributed by atoms with Crippen molar-refractivity contribution in [3.05, 3.63) is 41.7 Å². The summed E-state index contributed by atoms with van der Waals surface area (Å²) < 4.78 is 1.81. The Labute approximate surface area is 183 Å². The summed E-state index contributed by atoms with van der Waals surface area (Å²) in [7, 11) is 3.87. The van der Waals surface area contributed by atoms with E-state index in [2.05, 4.69) is 23.1 Å². The third-order valence-corrected chi connectivity index (χ3v) is 5.49. The zero-order valence-corrected chi connectivity index (χ0v) is 18.5. The Balaban J connectivity index is 1.74. The molecule has 7 nitrogen and oxygen atoms in total. The SMILES string of the molecule is CB(C#N)CCCCc1nc2c(C3CC3)c(-c3ccccc3)nc(/N=C/N(C)C)n2n1. The standard InChI is InChI=1S/C23H28BN7/c1-24(15-25)14-8-7-11-19-27-22-20(17-12-13-17)21(18-9-5-4-6-10-18)28-23(31(22)29-19)26-16-30(2)3/h4-6,9-10,16-17H,7-8,11-14H2,1-3H3/b26-16+. The number of nitrogens with zero attached hydrogens (tertiary/aromatic N) is 7. The van der Waals surface area contributed by atoms with Gasteiger partial charge in [0.05, 0.1) is 12.0 Å². The quantitative estimate of drug-likeness (QED) is 0.225. The van der Waals surface area contributed by atoms with Gasteiger partial charge in [-0.05, 0) is 25.2 Å². The van der Waals surface area contributed by atoms with E-state index in [0.717, 1.165) is 61.2 Å². The van der Waals surface area contributed by atoms with E-state index in [-0.39, 0.29) is 6.71 Å². The van der Waals surface area contributed by atoms with Crippen molar-refractivity contribution in [3.63, 3.8) is 0 Å². The van der Waals surface area contributed by atoms with Crippen molar-refractivity contribution in [1.29, 1.82) is 5.26 Å². The summed E-state index contributed by atoms with van der Waals surface area (Å²) in [5.74, 6) is 4.14. The lowest BCUT2D eigenvalue weighted by molar-refractivity contribution is 0.642. The Kier molecular flexibility index (Phi) is 6.31. The van der Waals surface area contributed by atoms with Gasteiger partial charge in [0.15, 0.2) is 11.5 Å². The van der Waals surface area contributed by atoms with E-state index >= 15 is 0 Å². The predicted molar refractivity (Wildman–Crippen MR) is 125 cm³/mol. The number of hydrogen-bond donors (Lipinski definition) is 0. The van der Waals surface area contributed by atoms with Crippen LogP contribution in [0.25, 0.3) is 16.9 Å². The third kappa shape index (κ3) is 4.93. The van der Waals surface area contributed by atoms with Gasteiger partial charge in [-0.1, -0.05) is 49.9 Å². The molecule has 1 fully saturated rings. The molecule has 158 valence electrons. The van der Waals surface area contributed by atoms with Gasteiger partial charge >= 0.3 is 0 Å². The topological polar surface area (TPSA) is 82.5 Å². The lowest BCUT2D eigenvalue weighted by Gasteiger charge is -2.11. The molecule has 1 aliphatic rings. The molecule has 0 N–H and O–H groups in total. The first-order chi connectivity index (χ1) is 15.1. The Morgan fingerprint density at radius 1 is 1.23 bits per heavy atom. The number of aromatic nitrogens is 4. The molecule has 0 aliphatic heterocycles. The van der Waals surface area contributed by atoms with Crippen LogP contribution in [0.1, 0.15) is 43.0 Å². The van der Waals surface area contributed by atoms with E-state index in [0.29, 0.717) is 11.9 Å². The minimum atomic E-state index is 0.0973. The van der Waals surface area contributed by atoms with Crippen LogP contribution in [0.2, 0.25) is 13.1 Å². The first-order valence-corrected chi connectivity index (χ1v) is 11.0. The molecule has 4 rings (SSSR count). The van der Waals surface area contributed by atoms with Crippen LogP contribution in [0.5, 0.6) is 0 Å². The fourth-order valence-electron chi connectivity index (χ4n) is 3.70. The molecule has 2 heterocycles. The molecule has 1 aliphatic carbocycles. The Bertz CT molecular complexity index is 1110. The maximum Gasteiger partial charge on any atom is 0.264 e. The molecule has 31 heavy (non-hydrogen) atoms. The smallest absolute Gasteiger partial charge is 0.264 e. The molecule has 8 heteroatoms. The summed E-state index contributed by atoms with van der Waals surface area (Å²) in [5.41, 5.74) is 4.11. The van der Waals surface area contributed by atoms with Crippen LogP contribution in [-0.2, 0) is 6.42 Å². The highest BCUT2D eigenvalue weighted by Crippen LogP contribution is 2.46. The molecule has 0 atom stereocenters. The van der Waals surface area contributed by atoms with Crippen molar-refractivity contribution in [2.45, 2.75) is 51.2 Å². The average molecular weight is 413 g/mol. The summed E-state index contributed by atoms with van der Waals surface area (Å²) in [6, 6.07) is 10.3. The zero-order valence-electron chi connectivity index (χ0n) is 18.5. The fraction of sp³-hybridized carbons (Fsp3) is 0.435. The number of fused-ring (bicyclic) bond motifs is 1. The Morgan fingerprint density at radius 3 is 2.68 bits per heavy atom. The van der Waals surface area contributed by atoms with Gasteiger partial charge in [-0.15, -0.1) is 5.10 Å². The van der Waals surface area contributed by atoms with E-state index in [1.54, 1.807) is 6.34 Å². The van der Waals surface area contributed by atoms with Crippen molar-refractivity contribution >= 4 is 24.6 Å². The van der Waals surface area contributed by atoms with Crippen molar-refractivity contribution < 1.29 is 0 Å². The number of aliphatic imine (C=N–C) groups is 1. The van der Waals surface area contributed by atoms with E-state index in [4.69, 9.17) is 20.3 Å².